The summed E-state index contributed by atoms with van der Waals surface area (Å²) >= 11 is 0. The van der Waals surface area contributed by atoms with Gasteiger partial charge in [0, 0.05) is 13.1 Å². The topological polar surface area (TPSA) is 21.7 Å². The molecule has 0 saturated carbocycles. The summed E-state index contributed by atoms with van der Waals surface area (Å²) in [6.45, 7) is 2.39. The molecule has 0 amide bonds. The maximum absolute atomic E-state index is 5.30. The first-order valence-corrected chi connectivity index (χ1v) is 6.45. The van der Waals surface area contributed by atoms with Crippen molar-refractivity contribution in [2.24, 2.45) is 0 Å². The van der Waals surface area contributed by atoms with Gasteiger partial charge in [0.25, 0.3) is 0 Å². The summed E-state index contributed by atoms with van der Waals surface area (Å²) < 4.78 is 10.5. The first-order valence-electron chi connectivity index (χ1n) is 6.45. The maximum Gasteiger partial charge on any atom is 0.160 e. The van der Waals surface area contributed by atoms with Crippen LogP contribution in [0.25, 0.3) is 0 Å². The molecule has 0 unspecified atom stereocenters. The van der Waals surface area contributed by atoms with E-state index >= 15 is 0 Å². The van der Waals surface area contributed by atoms with E-state index in [1.54, 1.807) is 14.2 Å². The van der Waals surface area contributed by atoms with Gasteiger partial charge in [0.1, 0.15) is 0 Å². The minimum Gasteiger partial charge on any atom is -0.493 e. The van der Waals surface area contributed by atoms with Gasteiger partial charge in [-0.3, -0.25) is 0 Å². The molecule has 3 heteroatoms. The van der Waals surface area contributed by atoms with Crippen LogP contribution in [0.1, 0.15) is 18.4 Å². The van der Waals surface area contributed by atoms with E-state index in [-0.39, 0.29) is 0 Å². The Balaban J connectivity index is 1.96. The van der Waals surface area contributed by atoms with Crippen LogP contribution in [0.2, 0.25) is 0 Å². The molecule has 1 aromatic carbocycles. The molecule has 98 valence electrons. The van der Waals surface area contributed by atoms with E-state index in [1.165, 1.54) is 31.5 Å². The quantitative estimate of drug-likeness (QED) is 0.798. The van der Waals surface area contributed by atoms with Crippen LogP contribution < -0.4 is 9.47 Å². The molecule has 0 N–H and O–H groups in total. The number of methoxy groups -OCH3 is 2. The highest BCUT2D eigenvalue weighted by Gasteiger charge is 2.06. The molecule has 1 aliphatic heterocycles. The van der Waals surface area contributed by atoms with E-state index in [2.05, 4.69) is 23.2 Å². The Morgan fingerprint density at radius 3 is 2.50 bits per heavy atom. The third-order valence-corrected chi connectivity index (χ3v) is 3.26. The van der Waals surface area contributed by atoms with E-state index < -0.39 is 0 Å². The van der Waals surface area contributed by atoms with Gasteiger partial charge >= 0.3 is 0 Å². The second-order valence-electron chi connectivity index (χ2n) is 4.52. The first kappa shape index (κ1) is 12.8. The molecule has 1 saturated heterocycles. The fraction of sp³-hybridized carbons (Fsp3) is 0.467. The third kappa shape index (κ3) is 3.19. The summed E-state index contributed by atoms with van der Waals surface area (Å²) in [6.07, 6.45) is 7.99. The van der Waals surface area contributed by atoms with E-state index in [4.69, 9.17) is 9.47 Å². The molecule has 0 bridgehead atoms. The minimum atomic E-state index is 0.782. The molecule has 0 aliphatic carbocycles. The normalized spacial score (nSPS) is 15.3. The van der Waals surface area contributed by atoms with Crippen LogP contribution in [0.15, 0.2) is 30.5 Å². The van der Waals surface area contributed by atoms with Gasteiger partial charge in [-0.25, -0.2) is 0 Å². The Morgan fingerprint density at radius 1 is 1.11 bits per heavy atom. The molecular weight excluding hydrogens is 226 g/mol. The zero-order valence-corrected chi connectivity index (χ0v) is 11.2. The Bertz CT molecular complexity index is 409. The molecule has 1 aromatic rings. The zero-order valence-electron chi connectivity index (χ0n) is 11.2. The average molecular weight is 247 g/mol. The molecule has 1 fully saturated rings. The van der Waals surface area contributed by atoms with Gasteiger partial charge in [-0.15, -0.1) is 0 Å². The van der Waals surface area contributed by atoms with E-state index in [9.17, 15) is 0 Å². The number of benzene rings is 1. The Labute approximate surface area is 109 Å². The predicted molar refractivity (Wildman–Crippen MR) is 73.2 cm³/mol. The molecule has 3 nitrogen and oxygen atoms in total. The van der Waals surface area contributed by atoms with Gasteiger partial charge in [-0.05, 0) is 43.2 Å². The molecule has 0 radical (unpaired) electrons. The van der Waals surface area contributed by atoms with Crippen LogP contribution >= 0.6 is 0 Å². The van der Waals surface area contributed by atoms with Crippen LogP contribution in [0.3, 0.4) is 0 Å². The second kappa shape index (κ2) is 6.34. The SMILES string of the molecule is COc1ccc(C/C=C\N2CCCC2)cc1OC. The molecular formula is C15H21NO2. The molecule has 0 atom stereocenters. The van der Waals surface area contributed by atoms with E-state index in [1.807, 2.05) is 12.1 Å². The lowest BCUT2D eigenvalue weighted by Gasteiger charge is -2.11. The van der Waals surface area contributed by atoms with Crippen molar-refractivity contribution in [2.75, 3.05) is 27.3 Å². The standard InChI is InChI=1S/C15H21NO2/c1-17-14-8-7-13(12-15(14)18-2)6-5-11-16-9-3-4-10-16/h5,7-8,11-12H,3-4,6,9-10H2,1-2H3/b11-5-. The average Bonchev–Trinajstić information content (AvgIpc) is 2.91. The maximum atomic E-state index is 5.30. The number of likely N-dealkylation sites (tertiary alicyclic amines) is 1. The van der Waals surface area contributed by atoms with Crippen LogP contribution in [0.5, 0.6) is 11.5 Å². The predicted octanol–water partition coefficient (Wildman–Crippen LogP) is 2.86. The van der Waals surface area contributed by atoms with Crippen molar-refractivity contribution in [3.8, 4) is 11.5 Å². The summed E-state index contributed by atoms with van der Waals surface area (Å²) in [5.74, 6) is 1.58. The number of rotatable bonds is 5. The molecule has 0 spiro atoms. The highest BCUT2D eigenvalue weighted by molar-refractivity contribution is 5.43. The summed E-state index contributed by atoms with van der Waals surface area (Å²) in [6, 6.07) is 6.07. The fourth-order valence-electron chi connectivity index (χ4n) is 2.24. The smallest absolute Gasteiger partial charge is 0.160 e. The third-order valence-electron chi connectivity index (χ3n) is 3.26. The van der Waals surface area contributed by atoms with Gasteiger partial charge in [-0.2, -0.15) is 0 Å². The highest BCUT2D eigenvalue weighted by atomic mass is 16.5. The molecule has 1 aliphatic rings. The molecule has 2 rings (SSSR count). The minimum absolute atomic E-state index is 0.782. The van der Waals surface area contributed by atoms with Gasteiger partial charge in [0.05, 0.1) is 14.2 Å². The van der Waals surface area contributed by atoms with Crippen LogP contribution in [0, 0.1) is 0 Å². The Kier molecular flexibility index (Phi) is 4.51. The number of hydrogen-bond acceptors (Lipinski definition) is 3. The van der Waals surface area contributed by atoms with Crippen molar-refractivity contribution in [2.45, 2.75) is 19.3 Å². The molecule has 0 aromatic heterocycles. The van der Waals surface area contributed by atoms with E-state index in [0.29, 0.717) is 0 Å². The van der Waals surface area contributed by atoms with E-state index in [0.717, 1.165) is 17.9 Å². The molecule has 18 heavy (non-hydrogen) atoms. The number of hydrogen-bond donors (Lipinski definition) is 0. The van der Waals surface area contributed by atoms with Crippen molar-refractivity contribution in [1.29, 1.82) is 0 Å². The van der Waals surface area contributed by atoms with Gasteiger partial charge < -0.3 is 14.4 Å². The second-order valence-corrected chi connectivity index (χ2v) is 4.52. The van der Waals surface area contributed by atoms with Crippen molar-refractivity contribution in [3.05, 3.63) is 36.0 Å². The lowest BCUT2D eigenvalue weighted by Crippen LogP contribution is -2.10. The number of ether oxygens (including phenoxy) is 2. The zero-order chi connectivity index (χ0) is 12.8. The largest absolute Gasteiger partial charge is 0.493 e. The highest BCUT2D eigenvalue weighted by Crippen LogP contribution is 2.27. The first-order chi connectivity index (χ1) is 8.83. The lowest BCUT2D eigenvalue weighted by atomic mass is 10.1. The number of nitrogens with zero attached hydrogens (tertiary/aromatic N) is 1. The van der Waals surface area contributed by atoms with Crippen molar-refractivity contribution >= 4 is 0 Å². The van der Waals surface area contributed by atoms with Crippen LogP contribution in [0.4, 0.5) is 0 Å². The van der Waals surface area contributed by atoms with Crippen molar-refractivity contribution in [1.82, 2.24) is 4.90 Å². The van der Waals surface area contributed by atoms with Crippen LogP contribution in [-0.2, 0) is 6.42 Å². The summed E-state index contributed by atoms with van der Waals surface area (Å²) in [7, 11) is 3.33. The van der Waals surface area contributed by atoms with Gasteiger partial charge in [0.2, 0.25) is 0 Å². The monoisotopic (exact) mass is 247 g/mol. The summed E-state index contributed by atoms with van der Waals surface area (Å²) in [4.78, 5) is 2.38. The summed E-state index contributed by atoms with van der Waals surface area (Å²) in [5, 5.41) is 0. The Hall–Kier alpha value is -1.64. The van der Waals surface area contributed by atoms with Gasteiger partial charge in [0.15, 0.2) is 11.5 Å². The van der Waals surface area contributed by atoms with Crippen LogP contribution in [-0.4, -0.2) is 32.2 Å². The van der Waals surface area contributed by atoms with Gasteiger partial charge in [-0.1, -0.05) is 12.1 Å². The fourth-order valence-corrected chi connectivity index (χ4v) is 2.24. The Morgan fingerprint density at radius 2 is 1.83 bits per heavy atom. The van der Waals surface area contributed by atoms with Crippen molar-refractivity contribution < 1.29 is 9.47 Å². The summed E-state index contributed by atoms with van der Waals surface area (Å²) in [5.41, 5.74) is 1.24. The molecule has 1 heterocycles. The lowest BCUT2D eigenvalue weighted by molar-refractivity contribution is 0.354. The van der Waals surface area contributed by atoms with Crippen molar-refractivity contribution in [3.63, 3.8) is 0 Å². The number of allylic oxidation sites excluding steroid dienone is 1.